The molecule has 2 aliphatic carbocycles. The van der Waals surface area contributed by atoms with Crippen molar-refractivity contribution in [2.75, 3.05) is 7.11 Å². The normalized spacial score (nSPS) is 24.5. The summed E-state index contributed by atoms with van der Waals surface area (Å²) in [6.45, 7) is 0.0214. The monoisotopic (exact) mass is 559 g/mol. The Morgan fingerprint density at radius 1 is 1.23 bits per heavy atom. The van der Waals surface area contributed by atoms with Gasteiger partial charge in [-0.15, -0.1) is 0 Å². The van der Waals surface area contributed by atoms with Gasteiger partial charge in [0.1, 0.15) is 11.6 Å². The number of nitrogens with zero attached hydrogens (tertiary/aromatic N) is 3. The Morgan fingerprint density at radius 3 is 2.54 bits per heavy atom. The fourth-order valence-electron chi connectivity index (χ4n) is 5.02. The van der Waals surface area contributed by atoms with E-state index in [1.165, 1.54) is 25.5 Å². The Bertz CT molecular complexity index is 1280. The van der Waals surface area contributed by atoms with Crippen LogP contribution >= 0.6 is 27.5 Å². The molecular formula is C24H19BrClN3O6. The molecule has 4 atom stereocenters. The lowest BCUT2D eigenvalue weighted by atomic mass is 9.85. The van der Waals surface area contributed by atoms with E-state index < -0.39 is 4.92 Å². The van der Waals surface area contributed by atoms with Crippen LogP contribution in [0.15, 0.2) is 52.1 Å². The molecule has 2 aromatic carbocycles. The van der Waals surface area contributed by atoms with Crippen molar-refractivity contribution < 1.29 is 24.0 Å². The van der Waals surface area contributed by atoms with Gasteiger partial charge >= 0.3 is 0 Å². The number of amides is 2. The van der Waals surface area contributed by atoms with Gasteiger partial charge < -0.3 is 9.47 Å². The summed E-state index contributed by atoms with van der Waals surface area (Å²) in [6, 6.07) is 7.69. The van der Waals surface area contributed by atoms with Crippen molar-refractivity contribution in [2.24, 2.45) is 28.8 Å². The molecule has 2 bridgehead atoms. The van der Waals surface area contributed by atoms with E-state index in [-0.39, 0.29) is 58.6 Å². The minimum atomic E-state index is -0.480. The number of imide groups is 1. The van der Waals surface area contributed by atoms with E-state index in [2.05, 4.69) is 21.0 Å². The van der Waals surface area contributed by atoms with E-state index in [1.807, 2.05) is 12.2 Å². The second kappa shape index (κ2) is 9.09. The SMILES string of the molecule is COc1cc(C=NN2C(=O)[C@@H]3[C@H](C2=O)[C@H]2C=C[C@H]3C2)c(Br)c(Cl)c1OCc1cccc([N+](=O)[O-])c1. The summed E-state index contributed by atoms with van der Waals surface area (Å²) in [5.74, 6) is -0.491. The fraction of sp³-hybridized carbons (Fsp3) is 0.292. The van der Waals surface area contributed by atoms with Crippen molar-refractivity contribution in [3.63, 3.8) is 0 Å². The molecule has 0 radical (unpaired) electrons. The number of fused-ring (bicyclic) bond motifs is 5. The zero-order valence-corrected chi connectivity index (χ0v) is 20.7. The van der Waals surface area contributed by atoms with Crippen LogP contribution in [0.2, 0.25) is 5.02 Å². The zero-order chi connectivity index (χ0) is 24.9. The Morgan fingerprint density at radius 2 is 1.91 bits per heavy atom. The highest BCUT2D eigenvalue weighted by atomic mass is 79.9. The maximum absolute atomic E-state index is 12.9. The van der Waals surface area contributed by atoms with Crippen molar-refractivity contribution in [2.45, 2.75) is 13.0 Å². The average molecular weight is 561 g/mol. The van der Waals surface area contributed by atoms with Gasteiger partial charge in [0.2, 0.25) is 0 Å². The van der Waals surface area contributed by atoms with Gasteiger partial charge in [-0.2, -0.15) is 10.1 Å². The zero-order valence-electron chi connectivity index (χ0n) is 18.4. The van der Waals surface area contributed by atoms with Crippen LogP contribution in [0.25, 0.3) is 0 Å². The summed E-state index contributed by atoms with van der Waals surface area (Å²) in [7, 11) is 1.44. The number of nitro benzene ring substituents is 1. The van der Waals surface area contributed by atoms with Crippen molar-refractivity contribution in [1.82, 2.24) is 5.01 Å². The third-order valence-corrected chi connectivity index (χ3v) is 8.08. The number of carbonyl (C=O) groups is 2. The lowest BCUT2D eigenvalue weighted by molar-refractivity contribution is -0.384. The molecule has 2 amide bonds. The van der Waals surface area contributed by atoms with Gasteiger partial charge in [-0.25, -0.2) is 0 Å². The van der Waals surface area contributed by atoms with Crippen LogP contribution in [-0.4, -0.2) is 35.1 Å². The fourth-order valence-corrected chi connectivity index (χ4v) is 5.67. The maximum atomic E-state index is 12.9. The summed E-state index contributed by atoms with van der Waals surface area (Å²) in [6.07, 6.45) is 6.28. The minimum absolute atomic E-state index is 0.0214. The Hall–Kier alpha value is -3.24. The van der Waals surface area contributed by atoms with E-state index in [0.717, 1.165) is 11.4 Å². The molecule has 180 valence electrons. The van der Waals surface area contributed by atoms with Crippen molar-refractivity contribution in [1.29, 1.82) is 0 Å². The summed E-state index contributed by atoms with van der Waals surface area (Å²) >= 11 is 9.95. The second-order valence-corrected chi connectivity index (χ2v) is 9.74. The third kappa shape index (κ3) is 4.00. The van der Waals surface area contributed by atoms with Gasteiger partial charge in [0.05, 0.1) is 30.1 Å². The van der Waals surface area contributed by atoms with Gasteiger partial charge in [-0.3, -0.25) is 19.7 Å². The van der Waals surface area contributed by atoms with E-state index >= 15 is 0 Å². The number of hydrogen-bond acceptors (Lipinski definition) is 7. The summed E-state index contributed by atoms with van der Waals surface area (Å²) in [5.41, 5.74) is 1.02. The Balaban J connectivity index is 1.37. The number of halogens is 2. The molecule has 0 spiro atoms. The molecule has 1 saturated heterocycles. The van der Waals surface area contributed by atoms with Crippen LogP contribution in [0.3, 0.4) is 0 Å². The standard InChI is InChI=1S/C24H19BrClN3O6/c1-34-17-9-15(10-27-28-23(30)18-13-5-6-14(8-13)19(18)24(28)31)20(25)21(26)22(17)35-11-12-3-2-4-16(7-12)29(32)33/h2-7,9-10,13-14,18-19H,8,11H2,1H3/t13-,14-,18-,19+/m0/s1. The first-order chi connectivity index (χ1) is 16.8. The largest absolute Gasteiger partial charge is 0.493 e. The average Bonchev–Trinajstić information content (AvgIpc) is 3.53. The topological polar surface area (TPSA) is 111 Å². The smallest absolute Gasteiger partial charge is 0.269 e. The number of nitro groups is 1. The van der Waals surface area contributed by atoms with E-state index in [0.29, 0.717) is 21.3 Å². The van der Waals surface area contributed by atoms with E-state index in [9.17, 15) is 19.7 Å². The quantitative estimate of drug-likeness (QED) is 0.159. The molecule has 3 aliphatic rings. The van der Waals surface area contributed by atoms with E-state index in [1.54, 1.807) is 18.2 Å². The number of hydrogen-bond donors (Lipinski definition) is 0. The molecule has 0 aromatic heterocycles. The van der Waals surface area contributed by atoms with E-state index in [4.69, 9.17) is 21.1 Å². The van der Waals surface area contributed by atoms with Crippen LogP contribution in [0.5, 0.6) is 11.5 Å². The first kappa shape index (κ1) is 23.5. The molecule has 0 N–H and O–H groups in total. The molecule has 1 aliphatic heterocycles. The van der Waals surface area contributed by atoms with Crippen LogP contribution in [0.4, 0.5) is 5.69 Å². The van der Waals surface area contributed by atoms with Crippen LogP contribution in [-0.2, 0) is 16.2 Å². The van der Waals surface area contributed by atoms with Gasteiger partial charge in [0, 0.05) is 22.2 Å². The Labute approximate surface area is 213 Å². The van der Waals surface area contributed by atoms with Crippen LogP contribution < -0.4 is 9.47 Å². The highest BCUT2D eigenvalue weighted by Gasteiger charge is 2.59. The van der Waals surface area contributed by atoms with Crippen molar-refractivity contribution in [3.05, 3.63) is 73.2 Å². The molecule has 11 heteroatoms. The number of rotatable bonds is 7. The van der Waals surface area contributed by atoms with Gasteiger partial charge in [0.25, 0.3) is 17.5 Å². The van der Waals surface area contributed by atoms with Crippen LogP contribution in [0, 0.1) is 33.8 Å². The predicted molar refractivity (Wildman–Crippen MR) is 130 cm³/mol. The predicted octanol–water partition coefficient (Wildman–Crippen LogP) is 4.74. The molecule has 1 saturated carbocycles. The number of benzene rings is 2. The number of carbonyl (C=O) groups excluding carboxylic acids is 2. The first-order valence-corrected chi connectivity index (χ1v) is 12.0. The van der Waals surface area contributed by atoms with Crippen molar-refractivity contribution in [3.8, 4) is 11.5 Å². The maximum Gasteiger partial charge on any atom is 0.269 e. The summed E-state index contributed by atoms with van der Waals surface area (Å²) in [5, 5.41) is 16.4. The molecule has 0 unspecified atom stereocenters. The second-order valence-electron chi connectivity index (χ2n) is 8.57. The third-order valence-electron chi connectivity index (χ3n) is 6.64. The first-order valence-electron chi connectivity index (χ1n) is 10.8. The summed E-state index contributed by atoms with van der Waals surface area (Å²) < 4.78 is 11.7. The molecule has 1 heterocycles. The summed E-state index contributed by atoms with van der Waals surface area (Å²) in [4.78, 5) is 36.2. The number of ether oxygens (including phenoxy) is 2. The lowest BCUT2D eigenvalue weighted by Crippen LogP contribution is -2.28. The molecule has 35 heavy (non-hydrogen) atoms. The van der Waals surface area contributed by atoms with Crippen molar-refractivity contribution >= 4 is 51.2 Å². The lowest BCUT2D eigenvalue weighted by Gasteiger charge is -2.16. The highest BCUT2D eigenvalue weighted by Crippen LogP contribution is 2.52. The molecule has 2 fully saturated rings. The number of hydrazone groups is 1. The number of allylic oxidation sites excluding steroid dienone is 2. The molecular weight excluding hydrogens is 542 g/mol. The highest BCUT2D eigenvalue weighted by molar-refractivity contribution is 9.10. The molecule has 2 aromatic rings. The minimum Gasteiger partial charge on any atom is -0.493 e. The van der Waals surface area contributed by atoms with Crippen LogP contribution in [0.1, 0.15) is 17.5 Å². The Kier molecular flexibility index (Phi) is 6.10. The van der Waals surface area contributed by atoms with Gasteiger partial charge in [-0.05, 0) is 45.8 Å². The number of methoxy groups -OCH3 is 1. The molecule has 9 nitrogen and oxygen atoms in total. The molecule has 5 rings (SSSR count). The van der Waals surface area contributed by atoms with Gasteiger partial charge in [0.15, 0.2) is 11.5 Å². The van der Waals surface area contributed by atoms with Gasteiger partial charge in [-0.1, -0.05) is 35.9 Å². The number of non-ortho nitro benzene ring substituents is 1.